The van der Waals surface area contributed by atoms with Crippen molar-refractivity contribution in [1.29, 1.82) is 0 Å². The summed E-state index contributed by atoms with van der Waals surface area (Å²) in [7, 11) is 1.71. The largest absolute Gasteiger partial charge is 0.392 e. The number of likely N-dealkylation sites (N-methyl/N-ethyl adjacent to an activating group) is 1. The van der Waals surface area contributed by atoms with Crippen molar-refractivity contribution >= 4 is 23.2 Å². The lowest BCUT2D eigenvalue weighted by Gasteiger charge is -2.32. The van der Waals surface area contributed by atoms with Crippen molar-refractivity contribution in [3.05, 3.63) is 65.7 Å². The van der Waals surface area contributed by atoms with Crippen molar-refractivity contribution in [1.82, 2.24) is 5.32 Å². The highest BCUT2D eigenvalue weighted by Gasteiger charge is 2.36. The Morgan fingerprint density at radius 3 is 2.53 bits per heavy atom. The highest BCUT2D eigenvalue weighted by molar-refractivity contribution is 6.20. The first kappa shape index (κ1) is 24.1. The summed E-state index contributed by atoms with van der Waals surface area (Å²) >= 11 is 0. The first-order valence-electron chi connectivity index (χ1n) is 12.5. The molecule has 2 amide bonds. The van der Waals surface area contributed by atoms with E-state index in [4.69, 9.17) is 4.99 Å². The number of aliphatic imine (C=N–C) groups is 1. The first-order chi connectivity index (χ1) is 16.5. The molecule has 34 heavy (non-hydrogen) atoms. The van der Waals surface area contributed by atoms with Gasteiger partial charge >= 0.3 is 0 Å². The van der Waals surface area contributed by atoms with E-state index in [-0.39, 0.29) is 11.8 Å². The van der Waals surface area contributed by atoms with Gasteiger partial charge in [-0.05, 0) is 24.8 Å². The molecule has 4 rings (SSSR count). The second-order valence-electron chi connectivity index (χ2n) is 9.52. The van der Waals surface area contributed by atoms with Crippen LogP contribution in [0.15, 0.2) is 59.6 Å². The molecule has 1 heterocycles. The highest BCUT2D eigenvalue weighted by Crippen LogP contribution is 2.34. The number of benzodiazepines with no additional fused rings is 1. The number of hydrogen-bond donors (Lipinski definition) is 2. The molecule has 2 N–H and O–H groups in total. The fourth-order valence-electron chi connectivity index (χ4n) is 4.83. The summed E-state index contributed by atoms with van der Waals surface area (Å²) in [5.41, 5.74) is 3.14. The van der Waals surface area contributed by atoms with Gasteiger partial charge in [-0.15, -0.1) is 0 Å². The van der Waals surface area contributed by atoms with Crippen molar-refractivity contribution in [2.45, 2.75) is 64.1 Å². The second kappa shape index (κ2) is 11.0. The topological polar surface area (TPSA) is 82.0 Å². The van der Waals surface area contributed by atoms with Gasteiger partial charge in [0, 0.05) is 18.2 Å². The highest BCUT2D eigenvalue weighted by atomic mass is 16.3. The summed E-state index contributed by atoms with van der Waals surface area (Å²) in [6.07, 6.45) is 4.68. The molecular formula is C28H35N3O3. The summed E-state index contributed by atoms with van der Waals surface area (Å²) in [5.74, 6) is -0.648. The third-order valence-electron chi connectivity index (χ3n) is 7.14. The van der Waals surface area contributed by atoms with Crippen LogP contribution in [0.3, 0.4) is 0 Å². The number of anilines is 1. The predicted octanol–water partition coefficient (Wildman–Crippen LogP) is 4.30. The van der Waals surface area contributed by atoms with Crippen LogP contribution in [-0.4, -0.2) is 41.9 Å². The van der Waals surface area contributed by atoms with E-state index in [0.29, 0.717) is 24.5 Å². The zero-order chi connectivity index (χ0) is 24.1. The number of para-hydroxylation sites is 1. The van der Waals surface area contributed by atoms with Crippen LogP contribution in [0.25, 0.3) is 0 Å². The fraction of sp³-hybridized carbons (Fsp3) is 0.464. The summed E-state index contributed by atoms with van der Waals surface area (Å²) in [4.78, 5) is 33.2. The Morgan fingerprint density at radius 2 is 1.85 bits per heavy atom. The van der Waals surface area contributed by atoms with Crippen LogP contribution < -0.4 is 10.2 Å². The molecule has 0 saturated heterocycles. The third kappa shape index (κ3) is 5.22. The number of hydrogen-bond acceptors (Lipinski definition) is 4. The summed E-state index contributed by atoms with van der Waals surface area (Å²) < 4.78 is 0. The van der Waals surface area contributed by atoms with Crippen LogP contribution >= 0.6 is 0 Å². The number of benzene rings is 2. The lowest BCUT2D eigenvalue weighted by atomic mass is 9.76. The van der Waals surface area contributed by atoms with Crippen molar-refractivity contribution < 1.29 is 14.7 Å². The van der Waals surface area contributed by atoms with Crippen molar-refractivity contribution in [2.75, 3.05) is 11.9 Å². The van der Waals surface area contributed by atoms with Crippen LogP contribution in [0.2, 0.25) is 0 Å². The molecule has 0 spiro atoms. The molecule has 6 heteroatoms. The SMILES string of the molecule is CCCC[C@H](O)[C@@H](CC1CCC1)C(=O)N[C@H]1N=C(c2ccccc2)c2ccccc2N(C)C1=O. The van der Waals surface area contributed by atoms with Crippen molar-refractivity contribution in [3.8, 4) is 0 Å². The van der Waals surface area contributed by atoms with Crippen LogP contribution in [-0.2, 0) is 9.59 Å². The van der Waals surface area contributed by atoms with Gasteiger partial charge in [0.2, 0.25) is 12.1 Å². The monoisotopic (exact) mass is 461 g/mol. The quantitative estimate of drug-likeness (QED) is 0.584. The van der Waals surface area contributed by atoms with Gasteiger partial charge in [-0.2, -0.15) is 0 Å². The van der Waals surface area contributed by atoms with Crippen LogP contribution in [0.1, 0.15) is 63.0 Å². The Hall–Kier alpha value is -2.99. The minimum atomic E-state index is -1.05. The Bertz CT molecular complexity index is 1030. The minimum Gasteiger partial charge on any atom is -0.392 e. The zero-order valence-electron chi connectivity index (χ0n) is 20.1. The van der Waals surface area contributed by atoms with E-state index >= 15 is 0 Å². The predicted molar refractivity (Wildman–Crippen MR) is 135 cm³/mol. The third-order valence-corrected chi connectivity index (χ3v) is 7.14. The molecular weight excluding hydrogens is 426 g/mol. The van der Waals surface area contributed by atoms with Gasteiger partial charge in [0.05, 0.1) is 23.4 Å². The maximum Gasteiger partial charge on any atom is 0.272 e. The number of nitrogens with one attached hydrogen (secondary N) is 1. The average molecular weight is 462 g/mol. The minimum absolute atomic E-state index is 0.288. The molecule has 6 nitrogen and oxygen atoms in total. The van der Waals surface area contributed by atoms with E-state index in [1.165, 1.54) is 6.42 Å². The Morgan fingerprint density at radius 1 is 1.15 bits per heavy atom. The molecule has 0 radical (unpaired) electrons. The molecule has 2 aromatic carbocycles. The molecule has 1 fully saturated rings. The number of aliphatic hydroxyl groups is 1. The van der Waals surface area contributed by atoms with E-state index < -0.39 is 18.2 Å². The van der Waals surface area contributed by atoms with Crippen molar-refractivity contribution in [3.63, 3.8) is 0 Å². The van der Waals surface area contributed by atoms with E-state index in [1.807, 2.05) is 54.6 Å². The van der Waals surface area contributed by atoms with E-state index in [0.717, 1.165) is 42.5 Å². The summed E-state index contributed by atoms with van der Waals surface area (Å²) in [6, 6.07) is 17.4. The van der Waals surface area contributed by atoms with E-state index in [9.17, 15) is 14.7 Å². The summed E-state index contributed by atoms with van der Waals surface area (Å²) in [6.45, 7) is 2.07. The average Bonchev–Trinajstić information content (AvgIpc) is 2.93. The van der Waals surface area contributed by atoms with E-state index in [2.05, 4.69) is 12.2 Å². The molecule has 3 atom stereocenters. The second-order valence-corrected chi connectivity index (χ2v) is 9.52. The normalized spacial score (nSPS) is 20.0. The molecule has 2 aromatic rings. The van der Waals surface area contributed by atoms with Crippen LogP contribution in [0, 0.1) is 11.8 Å². The van der Waals surface area contributed by atoms with Gasteiger partial charge in [-0.25, -0.2) is 4.99 Å². The van der Waals surface area contributed by atoms with Crippen LogP contribution in [0.4, 0.5) is 5.69 Å². The van der Waals surface area contributed by atoms with E-state index in [1.54, 1.807) is 11.9 Å². The number of carbonyl (C=O) groups excluding carboxylic acids is 2. The number of rotatable bonds is 9. The van der Waals surface area contributed by atoms with Gasteiger partial charge in [0.1, 0.15) is 0 Å². The molecule has 1 saturated carbocycles. The Labute approximate surface area is 202 Å². The number of carbonyl (C=O) groups is 2. The van der Waals surface area contributed by atoms with Gasteiger partial charge in [-0.1, -0.05) is 87.6 Å². The maximum absolute atomic E-state index is 13.5. The molecule has 1 aliphatic carbocycles. The van der Waals surface area contributed by atoms with Gasteiger partial charge < -0.3 is 15.3 Å². The zero-order valence-corrected chi connectivity index (χ0v) is 20.1. The molecule has 2 aliphatic rings. The lowest BCUT2D eigenvalue weighted by Crippen LogP contribution is -2.50. The van der Waals surface area contributed by atoms with Crippen LogP contribution in [0.5, 0.6) is 0 Å². The molecule has 0 bridgehead atoms. The standard InChI is InChI=1S/C28H35N3O3/c1-3-4-17-24(32)22(18-19-11-10-12-19)27(33)30-26-28(34)31(2)23-16-9-8-15-21(23)25(29-26)20-13-6-5-7-14-20/h5-9,13-16,19,22,24,26,32H,3-4,10-12,17-18H2,1-2H3,(H,30,33)/t22-,24+,26-/m1/s1. The van der Waals surface area contributed by atoms with Gasteiger partial charge in [0.15, 0.2) is 0 Å². The number of aliphatic hydroxyl groups excluding tert-OH is 1. The summed E-state index contributed by atoms with van der Waals surface area (Å²) in [5, 5.41) is 13.8. The smallest absolute Gasteiger partial charge is 0.272 e. The van der Waals surface area contributed by atoms with Gasteiger partial charge in [0.25, 0.3) is 5.91 Å². The molecule has 1 aliphatic heterocycles. The first-order valence-corrected chi connectivity index (χ1v) is 12.5. The molecule has 0 unspecified atom stereocenters. The number of amides is 2. The Kier molecular flexibility index (Phi) is 7.78. The number of nitrogens with zero attached hydrogens (tertiary/aromatic N) is 2. The molecule has 180 valence electrons. The fourth-order valence-corrected chi connectivity index (χ4v) is 4.83. The number of fused-ring (bicyclic) bond motifs is 1. The lowest BCUT2D eigenvalue weighted by molar-refractivity contribution is -0.133. The molecule has 0 aromatic heterocycles. The maximum atomic E-state index is 13.5. The van der Waals surface area contributed by atoms with Gasteiger partial charge in [-0.3, -0.25) is 9.59 Å². The Balaban J connectivity index is 1.65. The number of unbranched alkanes of at least 4 members (excludes halogenated alkanes) is 1. The van der Waals surface area contributed by atoms with Crippen molar-refractivity contribution in [2.24, 2.45) is 16.8 Å².